The largest absolute Gasteiger partial charge is 0.337 e. The number of nitrogens with zero attached hydrogens (tertiary/aromatic N) is 2. The summed E-state index contributed by atoms with van der Waals surface area (Å²) in [5.74, 6) is -0.563. The smallest absolute Gasteiger partial charge is 0.223 e. The molecule has 9 heteroatoms. The zero-order valence-corrected chi connectivity index (χ0v) is 20.7. The number of carbonyl (C=O) groups is 1. The molecule has 3 atom stereocenters. The van der Waals surface area contributed by atoms with Gasteiger partial charge in [0.15, 0.2) is 0 Å². The van der Waals surface area contributed by atoms with Gasteiger partial charge in [-0.2, -0.15) is 0 Å². The van der Waals surface area contributed by atoms with Gasteiger partial charge in [0.2, 0.25) is 15.9 Å². The zero-order valence-electron chi connectivity index (χ0n) is 19.2. The van der Waals surface area contributed by atoms with E-state index in [4.69, 9.17) is 11.6 Å². The van der Waals surface area contributed by atoms with Crippen LogP contribution in [0.25, 0.3) is 0 Å². The number of nitrogens with one attached hydrogen (secondary N) is 1. The fourth-order valence-corrected chi connectivity index (χ4v) is 4.84. The lowest BCUT2D eigenvalue weighted by atomic mass is 9.94. The summed E-state index contributed by atoms with van der Waals surface area (Å²) in [5, 5.41) is 0.583. The summed E-state index contributed by atoms with van der Waals surface area (Å²) in [6.07, 6.45) is 1.30. The fraction of sp³-hybridized carbons (Fsp3) is 0.458. The standard InChI is InChI=1S/C24H31ClFN3O3S/c1-17-15-29(18(2)14-28(17)16-19-4-10-23(26)11-5-19)24(30)12-21(13-27-33(3,31)32)20-6-8-22(25)9-7-20/h4-11,17-18,21,27H,12-16H2,1-3H3/t17-,18+,21?/m1/s1. The zero-order chi connectivity index (χ0) is 24.2. The molecule has 0 aliphatic carbocycles. The predicted molar refractivity (Wildman–Crippen MR) is 129 cm³/mol. The Hall–Kier alpha value is -2.00. The first-order valence-corrected chi connectivity index (χ1v) is 13.3. The van der Waals surface area contributed by atoms with Crippen molar-refractivity contribution in [2.75, 3.05) is 25.9 Å². The summed E-state index contributed by atoms with van der Waals surface area (Å²) in [7, 11) is -3.39. The third-order valence-corrected chi connectivity index (χ3v) is 7.03. The lowest BCUT2D eigenvalue weighted by Crippen LogP contribution is -2.57. The number of rotatable bonds is 8. The van der Waals surface area contributed by atoms with Gasteiger partial charge in [0.05, 0.1) is 6.26 Å². The van der Waals surface area contributed by atoms with Gasteiger partial charge in [-0.3, -0.25) is 9.69 Å². The summed E-state index contributed by atoms with van der Waals surface area (Å²) < 4.78 is 39.1. The average Bonchev–Trinajstić information content (AvgIpc) is 2.75. The van der Waals surface area contributed by atoms with Crippen LogP contribution in [0.15, 0.2) is 48.5 Å². The molecule has 2 aromatic rings. The summed E-state index contributed by atoms with van der Waals surface area (Å²) in [6.45, 7) is 6.22. The Morgan fingerprint density at radius 1 is 1.09 bits per heavy atom. The van der Waals surface area contributed by atoms with Crippen molar-refractivity contribution in [3.8, 4) is 0 Å². The van der Waals surface area contributed by atoms with Crippen LogP contribution in [0.1, 0.15) is 37.3 Å². The van der Waals surface area contributed by atoms with Crippen LogP contribution in [0.3, 0.4) is 0 Å². The van der Waals surface area contributed by atoms with Crippen molar-refractivity contribution in [2.24, 2.45) is 0 Å². The maximum Gasteiger partial charge on any atom is 0.223 e. The third kappa shape index (κ3) is 7.50. The van der Waals surface area contributed by atoms with Crippen LogP contribution < -0.4 is 4.72 Å². The second-order valence-corrected chi connectivity index (χ2v) is 11.1. The van der Waals surface area contributed by atoms with E-state index in [1.807, 2.05) is 24.0 Å². The Morgan fingerprint density at radius 3 is 2.33 bits per heavy atom. The number of sulfonamides is 1. The molecule has 6 nitrogen and oxygen atoms in total. The Balaban J connectivity index is 1.67. The molecular weight excluding hydrogens is 465 g/mol. The van der Waals surface area contributed by atoms with E-state index < -0.39 is 10.0 Å². The number of benzene rings is 2. The Bertz CT molecular complexity index is 1050. The van der Waals surface area contributed by atoms with Crippen molar-refractivity contribution in [2.45, 2.75) is 44.8 Å². The quantitative estimate of drug-likeness (QED) is 0.607. The molecule has 0 saturated carbocycles. The molecule has 1 heterocycles. The average molecular weight is 496 g/mol. The summed E-state index contributed by atoms with van der Waals surface area (Å²) in [5.41, 5.74) is 1.89. The third-order valence-electron chi connectivity index (χ3n) is 6.09. The number of halogens is 2. The Labute approximate surface area is 200 Å². The summed E-state index contributed by atoms with van der Waals surface area (Å²) in [4.78, 5) is 17.5. The van der Waals surface area contributed by atoms with Crippen molar-refractivity contribution in [1.82, 2.24) is 14.5 Å². The van der Waals surface area contributed by atoms with Gasteiger partial charge in [0.25, 0.3) is 0 Å². The van der Waals surface area contributed by atoms with Crippen LogP contribution in [0.4, 0.5) is 4.39 Å². The number of amides is 1. The van der Waals surface area contributed by atoms with E-state index in [2.05, 4.69) is 16.5 Å². The highest BCUT2D eigenvalue weighted by atomic mass is 35.5. The lowest BCUT2D eigenvalue weighted by Gasteiger charge is -2.44. The van der Waals surface area contributed by atoms with Crippen LogP contribution in [0, 0.1) is 5.82 Å². The molecule has 1 aliphatic heterocycles. The number of carbonyl (C=O) groups excluding carboxylic acids is 1. The van der Waals surface area contributed by atoms with E-state index >= 15 is 0 Å². The molecule has 1 amide bonds. The van der Waals surface area contributed by atoms with Crippen LogP contribution in [0.5, 0.6) is 0 Å². The van der Waals surface area contributed by atoms with Gasteiger partial charge in [0.1, 0.15) is 5.82 Å². The highest BCUT2D eigenvalue weighted by Gasteiger charge is 2.33. The highest BCUT2D eigenvalue weighted by molar-refractivity contribution is 7.88. The second kappa shape index (κ2) is 11.0. The lowest BCUT2D eigenvalue weighted by molar-refractivity contribution is -0.137. The van der Waals surface area contributed by atoms with E-state index in [1.54, 1.807) is 24.3 Å². The molecule has 1 saturated heterocycles. The molecule has 0 aromatic heterocycles. The van der Waals surface area contributed by atoms with Crippen molar-refractivity contribution in [3.63, 3.8) is 0 Å². The maximum atomic E-state index is 13.3. The van der Waals surface area contributed by atoms with E-state index in [-0.39, 0.29) is 42.7 Å². The van der Waals surface area contributed by atoms with Crippen molar-refractivity contribution in [3.05, 3.63) is 70.5 Å². The van der Waals surface area contributed by atoms with Crippen LogP contribution in [-0.2, 0) is 21.4 Å². The van der Waals surface area contributed by atoms with E-state index in [0.717, 1.165) is 17.4 Å². The summed E-state index contributed by atoms with van der Waals surface area (Å²) in [6, 6.07) is 13.8. The first-order valence-electron chi connectivity index (χ1n) is 11.0. The molecule has 3 rings (SSSR count). The maximum absolute atomic E-state index is 13.3. The first-order chi connectivity index (χ1) is 15.5. The van der Waals surface area contributed by atoms with Gasteiger partial charge in [0, 0.05) is 55.6 Å². The van der Waals surface area contributed by atoms with Gasteiger partial charge in [-0.25, -0.2) is 17.5 Å². The van der Waals surface area contributed by atoms with Gasteiger partial charge in [-0.1, -0.05) is 35.9 Å². The molecule has 0 bridgehead atoms. The summed E-state index contributed by atoms with van der Waals surface area (Å²) >= 11 is 6.00. The Kier molecular flexibility index (Phi) is 8.50. The van der Waals surface area contributed by atoms with Gasteiger partial charge in [-0.05, 0) is 49.2 Å². The molecule has 0 radical (unpaired) electrons. The number of hydrogen-bond donors (Lipinski definition) is 1. The minimum atomic E-state index is -3.39. The molecule has 180 valence electrons. The Morgan fingerprint density at radius 2 is 1.73 bits per heavy atom. The molecule has 0 spiro atoms. The van der Waals surface area contributed by atoms with Gasteiger partial charge in [-0.15, -0.1) is 0 Å². The second-order valence-electron chi connectivity index (χ2n) is 8.87. The first kappa shape index (κ1) is 25.6. The SMILES string of the molecule is C[C@@H]1CN(C(=O)CC(CNS(C)(=O)=O)c2ccc(Cl)cc2)[C@@H](C)CN1Cc1ccc(F)cc1. The highest BCUT2D eigenvalue weighted by Crippen LogP contribution is 2.25. The molecule has 1 N–H and O–H groups in total. The monoisotopic (exact) mass is 495 g/mol. The van der Waals surface area contributed by atoms with Gasteiger partial charge < -0.3 is 4.90 Å². The molecular formula is C24H31ClFN3O3S. The topological polar surface area (TPSA) is 69.7 Å². The molecule has 33 heavy (non-hydrogen) atoms. The molecule has 1 aliphatic rings. The van der Waals surface area contributed by atoms with Crippen molar-refractivity contribution < 1.29 is 17.6 Å². The minimum absolute atomic E-state index is 0.00267. The molecule has 1 unspecified atom stereocenters. The van der Waals surface area contributed by atoms with Crippen molar-refractivity contribution in [1.29, 1.82) is 0 Å². The van der Waals surface area contributed by atoms with Crippen LogP contribution >= 0.6 is 11.6 Å². The minimum Gasteiger partial charge on any atom is -0.337 e. The van der Waals surface area contributed by atoms with Crippen molar-refractivity contribution >= 4 is 27.5 Å². The molecule has 1 fully saturated rings. The van der Waals surface area contributed by atoms with E-state index in [9.17, 15) is 17.6 Å². The predicted octanol–water partition coefficient (Wildman–Crippen LogP) is 3.62. The number of piperazine rings is 1. The van der Waals surface area contributed by atoms with E-state index in [0.29, 0.717) is 24.7 Å². The fourth-order valence-electron chi connectivity index (χ4n) is 4.21. The molecule has 2 aromatic carbocycles. The van der Waals surface area contributed by atoms with Crippen LogP contribution in [0.2, 0.25) is 5.02 Å². The number of hydrogen-bond acceptors (Lipinski definition) is 4. The van der Waals surface area contributed by atoms with Gasteiger partial charge >= 0.3 is 0 Å². The van der Waals surface area contributed by atoms with Crippen LogP contribution in [-0.4, -0.2) is 62.1 Å². The normalized spacial score (nSPS) is 20.6. The van der Waals surface area contributed by atoms with E-state index in [1.165, 1.54) is 12.1 Å².